The first kappa shape index (κ1) is 40.8. The van der Waals surface area contributed by atoms with Crippen LogP contribution < -0.4 is 10.6 Å². The molecular weight excluding hydrogens is 548 g/mol. The quantitative estimate of drug-likeness (QED) is 0.106. The molecule has 0 bridgehead atoms. The number of ether oxygens (including phenoxy) is 8. The van der Waals surface area contributed by atoms with Gasteiger partial charge in [0, 0.05) is 32.0 Å². The van der Waals surface area contributed by atoms with E-state index in [1.165, 1.54) is 0 Å². The van der Waals surface area contributed by atoms with E-state index < -0.39 is 0 Å². The Morgan fingerprint density at radius 1 is 0.571 bits per heavy atom. The minimum Gasteiger partial charge on any atom is -0.382 e. The van der Waals surface area contributed by atoms with Crippen molar-refractivity contribution in [1.29, 1.82) is 0 Å². The summed E-state index contributed by atoms with van der Waals surface area (Å²) in [6.45, 7) is 16.1. The SMILES string of the molecule is COCCOCCOCCOCCOCCOCCOCCOCCC(=O)NCCCC[C@@H](NC(C)C)C(=O)C(C)C. The summed E-state index contributed by atoms with van der Waals surface area (Å²) >= 11 is 0. The standard InChI is InChI=1S/C30H60N2O10/c1-26(2)30(34)28(32-27(3)4)8-6-7-10-31-29(33)9-11-36-14-15-38-18-19-40-22-23-42-25-24-41-21-20-39-17-16-37-13-12-35-5/h26-28,32H,6-25H2,1-5H3,(H,31,33)/t28-/m1/s1. The Morgan fingerprint density at radius 3 is 1.36 bits per heavy atom. The lowest BCUT2D eigenvalue weighted by molar-refractivity contribution is -0.124. The van der Waals surface area contributed by atoms with Crippen LogP contribution in [0.15, 0.2) is 0 Å². The second-order valence-electron chi connectivity index (χ2n) is 10.3. The third-order valence-corrected chi connectivity index (χ3v) is 5.83. The molecule has 0 unspecified atom stereocenters. The van der Waals surface area contributed by atoms with E-state index in [9.17, 15) is 9.59 Å². The molecule has 0 radical (unpaired) electrons. The van der Waals surface area contributed by atoms with Crippen molar-refractivity contribution >= 4 is 11.7 Å². The Bertz CT molecular complexity index is 611. The van der Waals surface area contributed by atoms with Gasteiger partial charge in [-0.1, -0.05) is 27.7 Å². The Kier molecular flexibility index (Phi) is 30.3. The van der Waals surface area contributed by atoms with Crippen molar-refractivity contribution in [1.82, 2.24) is 10.6 Å². The highest BCUT2D eigenvalue weighted by Crippen LogP contribution is 2.08. The number of nitrogens with one attached hydrogen (secondary N) is 2. The fourth-order valence-electron chi connectivity index (χ4n) is 3.63. The van der Waals surface area contributed by atoms with Crippen molar-refractivity contribution in [2.75, 3.05) is 113 Å². The molecule has 1 atom stereocenters. The minimum atomic E-state index is -0.118. The largest absolute Gasteiger partial charge is 0.382 e. The van der Waals surface area contributed by atoms with Gasteiger partial charge in [0.15, 0.2) is 5.78 Å². The maximum Gasteiger partial charge on any atom is 0.222 e. The van der Waals surface area contributed by atoms with Gasteiger partial charge in [0.1, 0.15) is 0 Å². The third kappa shape index (κ3) is 28.9. The van der Waals surface area contributed by atoms with Crippen LogP contribution in [0.1, 0.15) is 53.4 Å². The second-order valence-corrected chi connectivity index (χ2v) is 10.3. The van der Waals surface area contributed by atoms with Crippen LogP contribution in [0.3, 0.4) is 0 Å². The van der Waals surface area contributed by atoms with Crippen LogP contribution >= 0.6 is 0 Å². The van der Waals surface area contributed by atoms with Crippen LogP contribution in [-0.4, -0.2) is 137 Å². The van der Waals surface area contributed by atoms with Gasteiger partial charge in [-0.25, -0.2) is 0 Å². The van der Waals surface area contributed by atoms with Gasteiger partial charge in [-0.15, -0.1) is 0 Å². The maximum atomic E-state index is 12.3. The van der Waals surface area contributed by atoms with E-state index in [2.05, 4.69) is 10.6 Å². The van der Waals surface area contributed by atoms with Crippen molar-refractivity contribution in [3.05, 3.63) is 0 Å². The molecular formula is C30H60N2O10. The molecule has 12 heteroatoms. The maximum absolute atomic E-state index is 12.3. The van der Waals surface area contributed by atoms with E-state index in [0.29, 0.717) is 112 Å². The van der Waals surface area contributed by atoms with E-state index in [-0.39, 0.29) is 29.7 Å². The molecule has 1 amide bonds. The zero-order valence-electron chi connectivity index (χ0n) is 27.0. The van der Waals surface area contributed by atoms with Gasteiger partial charge < -0.3 is 48.5 Å². The summed E-state index contributed by atoms with van der Waals surface area (Å²) in [4.78, 5) is 24.3. The Morgan fingerprint density at radius 2 is 0.976 bits per heavy atom. The van der Waals surface area contributed by atoms with E-state index in [4.69, 9.17) is 37.9 Å². The summed E-state index contributed by atoms with van der Waals surface area (Å²) in [5, 5.41) is 6.27. The van der Waals surface area contributed by atoms with Gasteiger partial charge in [-0.05, 0) is 19.3 Å². The molecule has 42 heavy (non-hydrogen) atoms. The molecule has 0 aliphatic carbocycles. The molecule has 250 valence electrons. The van der Waals surface area contributed by atoms with Gasteiger partial charge in [-0.2, -0.15) is 0 Å². The molecule has 0 saturated carbocycles. The molecule has 0 heterocycles. The van der Waals surface area contributed by atoms with Crippen molar-refractivity contribution in [3.63, 3.8) is 0 Å². The number of methoxy groups -OCH3 is 1. The fourth-order valence-corrected chi connectivity index (χ4v) is 3.63. The number of hydrogen-bond donors (Lipinski definition) is 2. The first-order valence-electron chi connectivity index (χ1n) is 15.5. The van der Waals surface area contributed by atoms with Crippen LogP contribution in [0.5, 0.6) is 0 Å². The first-order valence-corrected chi connectivity index (χ1v) is 15.5. The topological polar surface area (TPSA) is 132 Å². The molecule has 0 rings (SSSR count). The summed E-state index contributed by atoms with van der Waals surface area (Å²) < 4.78 is 42.8. The zero-order valence-corrected chi connectivity index (χ0v) is 27.0. The molecule has 12 nitrogen and oxygen atoms in total. The van der Waals surface area contributed by atoms with E-state index in [1.807, 2.05) is 27.7 Å². The van der Waals surface area contributed by atoms with Gasteiger partial charge in [0.2, 0.25) is 5.91 Å². The molecule has 0 fully saturated rings. The number of unbranched alkanes of at least 4 members (excludes halogenated alkanes) is 1. The number of rotatable bonds is 33. The van der Waals surface area contributed by atoms with E-state index in [1.54, 1.807) is 7.11 Å². The zero-order chi connectivity index (χ0) is 31.1. The van der Waals surface area contributed by atoms with Crippen LogP contribution in [0, 0.1) is 5.92 Å². The third-order valence-electron chi connectivity index (χ3n) is 5.83. The number of Topliss-reactive ketones (excluding diaryl/α,β-unsaturated/α-hetero) is 1. The average Bonchev–Trinajstić information content (AvgIpc) is 2.96. The Hall–Kier alpha value is -1.22. The molecule has 0 saturated heterocycles. The van der Waals surface area contributed by atoms with Gasteiger partial charge in [0.05, 0.1) is 105 Å². The molecule has 0 aromatic rings. The summed E-state index contributed by atoms with van der Waals surface area (Å²) in [5.41, 5.74) is 0. The minimum absolute atomic E-state index is 0.0161. The summed E-state index contributed by atoms with van der Waals surface area (Å²) in [7, 11) is 1.64. The first-order chi connectivity index (χ1) is 20.4. The fraction of sp³-hybridized carbons (Fsp3) is 0.933. The van der Waals surface area contributed by atoms with Gasteiger partial charge in [-0.3, -0.25) is 9.59 Å². The van der Waals surface area contributed by atoms with Crippen LogP contribution in [0.25, 0.3) is 0 Å². The monoisotopic (exact) mass is 608 g/mol. The smallest absolute Gasteiger partial charge is 0.222 e. The highest BCUT2D eigenvalue weighted by atomic mass is 16.6. The van der Waals surface area contributed by atoms with Crippen LogP contribution in [0.2, 0.25) is 0 Å². The molecule has 0 aromatic heterocycles. The van der Waals surface area contributed by atoms with Gasteiger partial charge >= 0.3 is 0 Å². The van der Waals surface area contributed by atoms with E-state index >= 15 is 0 Å². The molecule has 0 spiro atoms. The van der Waals surface area contributed by atoms with Crippen molar-refractivity contribution in [2.24, 2.45) is 5.92 Å². The van der Waals surface area contributed by atoms with Crippen molar-refractivity contribution < 1.29 is 47.5 Å². The number of carbonyl (C=O) groups is 2. The lowest BCUT2D eigenvalue weighted by Gasteiger charge is -2.22. The van der Waals surface area contributed by atoms with Crippen molar-refractivity contribution in [3.8, 4) is 0 Å². The molecule has 0 aromatic carbocycles. The average molecular weight is 609 g/mol. The second kappa shape index (κ2) is 31.2. The predicted octanol–water partition coefficient (Wildman–Crippen LogP) is 2.02. The number of ketones is 1. The molecule has 0 aliphatic rings. The molecule has 2 N–H and O–H groups in total. The summed E-state index contributed by atoms with van der Waals surface area (Å²) in [5.74, 6) is 0.236. The normalized spacial score (nSPS) is 12.4. The van der Waals surface area contributed by atoms with Crippen molar-refractivity contribution in [2.45, 2.75) is 65.5 Å². The highest BCUT2D eigenvalue weighted by molar-refractivity contribution is 5.85. The summed E-state index contributed by atoms with van der Waals surface area (Å²) in [6, 6.07) is 0.145. The lowest BCUT2D eigenvalue weighted by Crippen LogP contribution is -2.42. The number of amides is 1. The van der Waals surface area contributed by atoms with E-state index in [0.717, 1.165) is 19.3 Å². The van der Waals surface area contributed by atoms with Crippen LogP contribution in [-0.2, 0) is 47.5 Å². The van der Waals surface area contributed by atoms with Crippen LogP contribution in [0.4, 0.5) is 0 Å². The lowest BCUT2D eigenvalue weighted by atomic mass is 9.96. The summed E-state index contributed by atoms with van der Waals surface area (Å²) in [6.07, 6.45) is 2.82. The van der Waals surface area contributed by atoms with Gasteiger partial charge in [0.25, 0.3) is 0 Å². The predicted molar refractivity (Wildman–Crippen MR) is 161 cm³/mol. The number of hydrogen-bond acceptors (Lipinski definition) is 11. The number of carbonyl (C=O) groups excluding carboxylic acids is 2. The highest BCUT2D eigenvalue weighted by Gasteiger charge is 2.21. The molecule has 0 aliphatic heterocycles. The Balaban J connectivity index is 3.35. The Labute approximate surface area is 254 Å².